The first kappa shape index (κ1) is 20.0. The normalized spacial score (nSPS) is 13.7. The number of hydrogen-bond acceptors (Lipinski definition) is 7. The molecule has 3 aromatic rings. The van der Waals surface area contributed by atoms with Gasteiger partial charge in [0.25, 0.3) is 0 Å². The summed E-state index contributed by atoms with van der Waals surface area (Å²) in [5.41, 5.74) is 7.24. The van der Waals surface area contributed by atoms with Crippen LogP contribution in [0.4, 0.5) is 20.7 Å². The van der Waals surface area contributed by atoms with Gasteiger partial charge in [0.2, 0.25) is 0 Å². The molecule has 0 spiro atoms. The number of aliphatic hydroxyl groups is 1. The Morgan fingerprint density at radius 2 is 2.10 bits per heavy atom. The van der Waals surface area contributed by atoms with Crippen LogP contribution >= 0.6 is 0 Å². The monoisotopic (exact) mass is 414 g/mol. The fourth-order valence-corrected chi connectivity index (χ4v) is 3.60. The van der Waals surface area contributed by atoms with E-state index in [9.17, 15) is 9.90 Å². The summed E-state index contributed by atoms with van der Waals surface area (Å²) in [6.07, 6.45) is 1.15. The van der Waals surface area contributed by atoms with Gasteiger partial charge in [-0.25, -0.2) is 23.8 Å². The minimum atomic E-state index is -0.645. The molecule has 1 aromatic carbocycles. The quantitative estimate of drug-likeness (QED) is 0.676. The molecule has 30 heavy (non-hydrogen) atoms. The Kier molecular flexibility index (Phi) is 4.81. The highest BCUT2D eigenvalue weighted by Gasteiger charge is 2.32. The summed E-state index contributed by atoms with van der Waals surface area (Å²) in [6.45, 7) is 5.71. The minimum absolute atomic E-state index is 0.155. The number of benzene rings is 1. The molecular weight excluding hydrogens is 391 g/mol. The molecule has 0 aliphatic carbocycles. The lowest BCUT2D eigenvalue weighted by molar-refractivity contribution is 0.0584. The Hall–Kier alpha value is -3.27. The van der Waals surface area contributed by atoms with Gasteiger partial charge in [0.1, 0.15) is 29.3 Å². The van der Waals surface area contributed by atoms with E-state index in [4.69, 9.17) is 10.5 Å². The maximum absolute atomic E-state index is 15.5. The van der Waals surface area contributed by atoms with Crippen LogP contribution in [-0.2, 0) is 17.7 Å². The van der Waals surface area contributed by atoms with Crippen molar-refractivity contribution in [2.45, 2.75) is 39.3 Å². The van der Waals surface area contributed by atoms with Crippen LogP contribution in [0.3, 0.4) is 0 Å². The number of ether oxygens (including phenoxy) is 1. The molecule has 158 valence electrons. The number of halogens is 1. The third-order valence-electron chi connectivity index (χ3n) is 4.83. The summed E-state index contributed by atoms with van der Waals surface area (Å²) in [5, 5.41) is 14.2. The molecule has 0 saturated heterocycles. The lowest BCUT2D eigenvalue weighted by Gasteiger charge is -2.24. The Labute approximate surface area is 172 Å². The largest absolute Gasteiger partial charge is 0.443 e. The summed E-state index contributed by atoms with van der Waals surface area (Å²) >= 11 is 0. The van der Waals surface area contributed by atoms with Crippen LogP contribution in [0.1, 0.15) is 26.3 Å². The molecular formula is C20H23FN6O3. The molecule has 1 aliphatic rings. The number of aliphatic hydroxyl groups excluding tert-OH is 1. The Balaban J connectivity index is 1.80. The van der Waals surface area contributed by atoms with Crippen LogP contribution in [0.5, 0.6) is 0 Å². The van der Waals surface area contributed by atoms with Gasteiger partial charge >= 0.3 is 6.09 Å². The third kappa shape index (κ3) is 3.32. The minimum Gasteiger partial charge on any atom is -0.443 e. The lowest BCUT2D eigenvalue weighted by Crippen LogP contribution is -2.35. The second-order valence-corrected chi connectivity index (χ2v) is 8.06. The van der Waals surface area contributed by atoms with Gasteiger partial charge < -0.3 is 15.6 Å². The molecule has 0 bridgehead atoms. The van der Waals surface area contributed by atoms with Crippen molar-refractivity contribution in [2.24, 2.45) is 0 Å². The van der Waals surface area contributed by atoms with Gasteiger partial charge in [0.05, 0.1) is 24.2 Å². The molecule has 0 atom stereocenters. The molecule has 0 fully saturated rings. The van der Waals surface area contributed by atoms with E-state index < -0.39 is 17.5 Å². The standard InChI is InChI=1S/C20H23FN6O3/c1-20(2,3)30-19(29)26-7-6-11-13(26)5-4-12(15(11)21)16-14-17(22)23-10-24-18(14)27(25-16)8-9-28/h4-5,10,28H,6-9H2,1-3H3,(H2,22,23,24). The number of aromatic nitrogens is 4. The maximum atomic E-state index is 15.5. The molecule has 2 aromatic heterocycles. The van der Waals surface area contributed by atoms with E-state index in [1.807, 2.05) is 0 Å². The molecule has 3 heterocycles. The molecule has 1 aliphatic heterocycles. The Bertz CT molecular complexity index is 1140. The SMILES string of the molecule is CC(C)(C)OC(=O)N1CCc2c1ccc(-c1nn(CCO)c3ncnc(N)c13)c2F. The van der Waals surface area contributed by atoms with E-state index in [1.54, 1.807) is 32.9 Å². The Morgan fingerprint density at radius 1 is 1.33 bits per heavy atom. The summed E-state index contributed by atoms with van der Waals surface area (Å²) in [4.78, 5) is 22.1. The van der Waals surface area contributed by atoms with Gasteiger partial charge in [-0.05, 0) is 39.3 Å². The van der Waals surface area contributed by atoms with E-state index in [1.165, 1.54) is 15.9 Å². The van der Waals surface area contributed by atoms with Crippen LogP contribution in [0, 0.1) is 5.82 Å². The number of nitrogen functional groups attached to an aromatic ring is 1. The van der Waals surface area contributed by atoms with Gasteiger partial charge in [-0.2, -0.15) is 5.10 Å². The van der Waals surface area contributed by atoms with Crippen molar-refractivity contribution in [2.75, 3.05) is 23.8 Å². The predicted octanol–water partition coefficient (Wildman–Crippen LogP) is 2.50. The lowest BCUT2D eigenvalue weighted by atomic mass is 10.0. The van der Waals surface area contributed by atoms with Crippen LogP contribution in [0.15, 0.2) is 18.5 Å². The van der Waals surface area contributed by atoms with Crippen molar-refractivity contribution >= 4 is 28.6 Å². The molecule has 3 N–H and O–H groups in total. The Morgan fingerprint density at radius 3 is 2.80 bits per heavy atom. The van der Waals surface area contributed by atoms with E-state index in [0.29, 0.717) is 40.9 Å². The number of carbonyl (C=O) groups excluding carboxylic acids is 1. The molecule has 4 rings (SSSR count). The van der Waals surface area contributed by atoms with Crippen molar-refractivity contribution in [3.63, 3.8) is 0 Å². The van der Waals surface area contributed by atoms with Crippen molar-refractivity contribution in [3.8, 4) is 11.3 Å². The zero-order valence-electron chi connectivity index (χ0n) is 17.0. The van der Waals surface area contributed by atoms with Crippen molar-refractivity contribution < 1.29 is 19.0 Å². The molecule has 0 saturated carbocycles. The molecule has 10 heteroatoms. The van der Waals surface area contributed by atoms with Crippen LogP contribution < -0.4 is 10.6 Å². The van der Waals surface area contributed by atoms with Crippen molar-refractivity contribution in [3.05, 3.63) is 29.8 Å². The fraction of sp³-hybridized carbons (Fsp3) is 0.400. The van der Waals surface area contributed by atoms with E-state index in [-0.39, 0.29) is 24.5 Å². The highest BCUT2D eigenvalue weighted by Crippen LogP contribution is 2.38. The van der Waals surface area contributed by atoms with Crippen molar-refractivity contribution in [1.29, 1.82) is 0 Å². The first-order valence-electron chi connectivity index (χ1n) is 9.61. The maximum Gasteiger partial charge on any atom is 0.414 e. The summed E-state index contributed by atoms with van der Waals surface area (Å²) in [5.74, 6) is -0.299. The summed E-state index contributed by atoms with van der Waals surface area (Å²) < 4.78 is 22.4. The number of nitrogens with zero attached hydrogens (tertiary/aromatic N) is 5. The summed E-state index contributed by atoms with van der Waals surface area (Å²) in [6, 6.07) is 3.25. The smallest absolute Gasteiger partial charge is 0.414 e. The van der Waals surface area contributed by atoms with E-state index in [0.717, 1.165) is 0 Å². The molecule has 0 unspecified atom stereocenters. The number of fused-ring (bicyclic) bond motifs is 2. The zero-order chi connectivity index (χ0) is 21.6. The highest BCUT2D eigenvalue weighted by molar-refractivity contribution is 5.99. The van der Waals surface area contributed by atoms with Crippen LogP contribution in [0.25, 0.3) is 22.3 Å². The number of carbonyl (C=O) groups is 1. The molecule has 9 nitrogen and oxygen atoms in total. The number of anilines is 2. The van der Waals surface area contributed by atoms with Crippen LogP contribution in [0.2, 0.25) is 0 Å². The fourth-order valence-electron chi connectivity index (χ4n) is 3.60. The van der Waals surface area contributed by atoms with Crippen LogP contribution in [-0.4, -0.2) is 49.7 Å². The summed E-state index contributed by atoms with van der Waals surface area (Å²) in [7, 11) is 0. The third-order valence-corrected chi connectivity index (χ3v) is 4.83. The first-order valence-corrected chi connectivity index (χ1v) is 9.61. The second kappa shape index (κ2) is 7.21. The van der Waals surface area contributed by atoms with Gasteiger partial charge in [-0.1, -0.05) is 0 Å². The predicted molar refractivity (Wildman–Crippen MR) is 109 cm³/mol. The highest BCUT2D eigenvalue weighted by atomic mass is 19.1. The van der Waals surface area contributed by atoms with Gasteiger partial charge in [0, 0.05) is 17.7 Å². The van der Waals surface area contributed by atoms with Gasteiger partial charge in [0.15, 0.2) is 5.65 Å². The molecule has 0 radical (unpaired) electrons. The number of hydrogen-bond donors (Lipinski definition) is 2. The second-order valence-electron chi connectivity index (χ2n) is 8.06. The number of nitrogens with two attached hydrogens (primary N) is 1. The average molecular weight is 414 g/mol. The van der Waals surface area contributed by atoms with Crippen molar-refractivity contribution in [1.82, 2.24) is 19.7 Å². The van der Waals surface area contributed by atoms with Gasteiger partial charge in [-0.15, -0.1) is 0 Å². The van der Waals surface area contributed by atoms with Gasteiger partial charge in [-0.3, -0.25) is 4.90 Å². The molecule has 1 amide bonds. The number of amides is 1. The average Bonchev–Trinajstić information content (AvgIpc) is 3.25. The van der Waals surface area contributed by atoms with E-state index in [2.05, 4.69) is 15.1 Å². The topological polar surface area (TPSA) is 119 Å². The van der Waals surface area contributed by atoms with E-state index >= 15 is 4.39 Å². The first-order chi connectivity index (χ1) is 14.2. The number of rotatable bonds is 3. The zero-order valence-corrected chi connectivity index (χ0v) is 17.0.